The van der Waals surface area contributed by atoms with Crippen molar-refractivity contribution in [2.24, 2.45) is 0 Å². The van der Waals surface area contributed by atoms with E-state index < -0.39 is 0 Å². The molecular formula is C8H12S2. The lowest BCUT2D eigenvalue weighted by molar-refractivity contribution is 1.24. The minimum atomic E-state index is 0.657. The topological polar surface area (TPSA) is 0 Å². The van der Waals surface area contributed by atoms with Crippen LogP contribution in [0.3, 0.4) is 0 Å². The highest BCUT2D eigenvalue weighted by Crippen LogP contribution is 2.22. The van der Waals surface area contributed by atoms with E-state index >= 15 is 0 Å². The Labute approximate surface area is 71.2 Å². The first kappa shape index (κ1) is 8.28. The summed E-state index contributed by atoms with van der Waals surface area (Å²) in [6.07, 6.45) is 2.25. The normalized spacial score (nSPS) is 30.9. The number of thioether (sulfide) groups is 2. The number of hydrogen-bond donors (Lipinski definition) is 0. The second kappa shape index (κ2) is 4.14. The molecule has 0 aliphatic carbocycles. The third kappa shape index (κ3) is 2.84. The van der Waals surface area contributed by atoms with Gasteiger partial charge in [-0.1, -0.05) is 18.2 Å². The molecule has 1 heterocycles. The van der Waals surface area contributed by atoms with Gasteiger partial charge in [0.25, 0.3) is 0 Å². The Kier molecular flexibility index (Phi) is 3.43. The molecule has 0 bridgehead atoms. The van der Waals surface area contributed by atoms with Crippen molar-refractivity contribution in [1.29, 1.82) is 0 Å². The minimum absolute atomic E-state index is 0.657. The maximum atomic E-state index is 3.97. The second-order valence-corrected chi connectivity index (χ2v) is 4.67. The van der Waals surface area contributed by atoms with Gasteiger partial charge in [0.1, 0.15) is 0 Å². The van der Waals surface area contributed by atoms with Crippen LogP contribution >= 0.6 is 23.5 Å². The molecule has 1 unspecified atom stereocenters. The van der Waals surface area contributed by atoms with Crippen LogP contribution in [-0.2, 0) is 0 Å². The van der Waals surface area contributed by atoms with Gasteiger partial charge >= 0.3 is 0 Å². The van der Waals surface area contributed by atoms with Crippen molar-refractivity contribution in [3.63, 3.8) is 0 Å². The van der Waals surface area contributed by atoms with Crippen LogP contribution in [0.25, 0.3) is 0 Å². The van der Waals surface area contributed by atoms with E-state index in [4.69, 9.17) is 0 Å². The van der Waals surface area contributed by atoms with E-state index in [1.807, 2.05) is 23.5 Å². The Balaban J connectivity index is 2.45. The summed E-state index contributed by atoms with van der Waals surface area (Å²) in [6.45, 7) is 6.20. The van der Waals surface area contributed by atoms with E-state index in [9.17, 15) is 0 Å². The quantitative estimate of drug-likeness (QED) is 0.515. The fourth-order valence-corrected chi connectivity index (χ4v) is 2.48. The molecule has 0 aromatic heterocycles. The van der Waals surface area contributed by atoms with Gasteiger partial charge in [-0.25, -0.2) is 0 Å². The first-order valence-corrected chi connectivity index (χ1v) is 5.45. The van der Waals surface area contributed by atoms with Crippen LogP contribution in [0.15, 0.2) is 23.6 Å². The molecule has 10 heavy (non-hydrogen) atoms. The van der Waals surface area contributed by atoms with E-state index in [0.29, 0.717) is 5.25 Å². The van der Waals surface area contributed by atoms with Gasteiger partial charge in [-0.05, 0) is 12.3 Å². The van der Waals surface area contributed by atoms with Gasteiger partial charge in [-0.15, -0.1) is 11.8 Å². The molecule has 1 rings (SSSR count). The average Bonchev–Trinajstić information content (AvgIpc) is 1.90. The van der Waals surface area contributed by atoms with Crippen molar-refractivity contribution in [1.82, 2.24) is 0 Å². The van der Waals surface area contributed by atoms with Crippen molar-refractivity contribution in [3.8, 4) is 0 Å². The Morgan fingerprint density at radius 3 is 3.20 bits per heavy atom. The molecule has 56 valence electrons. The molecular weight excluding hydrogens is 160 g/mol. The highest BCUT2D eigenvalue weighted by molar-refractivity contribution is 8.03. The molecule has 0 aromatic rings. The molecule has 1 atom stereocenters. The first-order chi connectivity index (χ1) is 4.79. The van der Waals surface area contributed by atoms with Crippen molar-refractivity contribution < 1.29 is 0 Å². The van der Waals surface area contributed by atoms with Gasteiger partial charge in [-0.3, -0.25) is 0 Å². The Morgan fingerprint density at radius 1 is 1.60 bits per heavy atom. The van der Waals surface area contributed by atoms with Crippen LogP contribution in [0, 0.1) is 0 Å². The second-order valence-electron chi connectivity index (χ2n) is 2.41. The SMILES string of the molecule is C=C1CS/C=C\C(C)SC1. The van der Waals surface area contributed by atoms with Crippen molar-refractivity contribution in [3.05, 3.63) is 23.6 Å². The number of rotatable bonds is 0. The highest BCUT2D eigenvalue weighted by atomic mass is 32.2. The third-order valence-corrected chi connectivity index (χ3v) is 3.47. The highest BCUT2D eigenvalue weighted by Gasteiger charge is 2.02. The molecule has 0 aromatic carbocycles. The van der Waals surface area contributed by atoms with Gasteiger partial charge in [0, 0.05) is 16.8 Å². The van der Waals surface area contributed by atoms with Gasteiger partial charge in [0.2, 0.25) is 0 Å². The van der Waals surface area contributed by atoms with Gasteiger partial charge in [0.05, 0.1) is 0 Å². The van der Waals surface area contributed by atoms with Crippen LogP contribution < -0.4 is 0 Å². The maximum Gasteiger partial charge on any atom is 0.0209 e. The molecule has 1 aliphatic heterocycles. The predicted molar refractivity (Wildman–Crippen MR) is 52.7 cm³/mol. The summed E-state index contributed by atoms with van der Waals surface area (Å²) in [5.74, 6) is 2.22. The Morgan fingerprint density at radius 2 is 2.40 bits per heavy atom. The molecule has 0 nitrogen and oxygen atoms in total. The lowest BCUT2D eigenvalue weighted by atomic mass is 10.4. The summed E-state index contributed by atoms with van der Waals surface area (Å²) >= 11 is 3.81. The van der Waals surface area contributed by atoms with Crippen LogP contribution in [0.2, 0.25) is 0 Å². The first-order valence-electron chi connectivity index (χ1n) is 3.35. The zero-order valence-electron chi connectivity index (χ0n) is 6.17. The fourth-order valence-electron chi connectivity index (χ4n) is 0.679. The van der Waals surface area contributed by atoms with Crippen LogP contribution in [0.1, 0.15) is 6.92 Å². The van der Waals surface area contributed by atoms with Crippen molar-refractivity contribution >= 4 is 23.5 Å². The molecule has 2 heteroatoms. The van der Waals surface area contributed by atoms with Crippen molar-refractivity contribution in [2.45, 2.75) is 12.2 Å². The zero-order valence-corrected chi connectivity index (χ0v) is 7.80. The van der Waals surface area contributed by atoms with E-state index in [-0.39, 0.29) is 0 Å². The third-order valence-electron chi connectivity index (χ3n) is 1.28. The minimum Gasteiger partial charge on any atom is -0.150 e. The number of hydrogen-bond acceptors (Lipinski definition) is 2. The molecule has 0 fully saturated rings. The van der Waals surface area contributed by atoms with E-state index in [1.54, 1.807) is 0 Å². The Bertz CT molecular complexity index is 149. The molecule has 0 amide bonds. The largest absolute Gasteiger partial charge is 0.150 e. The summed E-state index contributed by atoms with van der Waals surface area (Å²) in [7, 11) is 0. The molecule has 0 saturated carbocycles. The monoisotopic (exact) mass is 172 g/mol. The summed E-state index contributed by atoms with van der Waals surface area (Å²) < 4.78 is 0. The fraction of sp³-hybridized carbons (Fsp3) is 0.500. The van der Waals surface area contributed by atoms with E-state index in [0.717, 1.165) is 11.5 Å². The summed E-state index contributed by atoms with van der Waals surface area (Å²) in [5, 5.41) is 2.84. The van der Waals surface area contributed by atoms with Gasteiger partial charge in [-0.2, -0.15) is 11.8 Å². The van der Waals surface area contributed by atoms with E-state index in [1.165, 1.54) is 5.57 Å². The molecule has 0 N–H and O–H groups in total. The zero-order chi connectivity index (χ0) is 7.40. The van der Waals surface area contributed by atoms with Crippen LogP contribution in [0.5, 0.6) is 0 Å². The van der Waals surface area contributed by atoms with Crippen molar-refractivity contribution in [2.75, 3.05) is 11.5 Å². The van der Waals surface area contributed by atoms with Gasteiger partial charge in [0.15, 0.2) is 0 Å². The summed E-state index contributed by atoms with van der Waals surface area (Å²) in [5.41, 5.74) is 1.35. The van der Waals surface area contributed by atoms with E-state index in [2.05, 4.69) is 25.0 Å². The maximum absolute atomic E-state index is 3.97. The van der Waals surface area contributed by atoms with Crippen LogP contribution in [-0.4, -0.2) is 16.8 Å². The molecule has 1 aliphatic rings. The summed E-state index contributed by atoms with van der Waals surface area (Å²) in [6, 6.07) is 0. The smallest absolute Gasteiger partial charge is 0.0209 e. The predicted octanol–water partition coefficient (Wildman–Crippen LogP) is 2.92. The van der Waals surface area contributed by atoms with Gasteiger partial charge < -0.3 is 0 Å². The Hall–Kier alpha value is 0.180. The standard InChI is InChI=1S/C8H12S2/c1-7-5-9-4-3-8(2)10-6-7/h3-4,8H,1,5-6H2,2H3/b4-3-. The lowest BCUT2D eigenvalue weighted by Crippen LogP contribution is -1.98. The molecule has 0 saturated heterocycles. The molecule has 0 radical (unpaired) electrons. The molecule has 0 spiro atoms. The lowest BCUT2D eigenvalue weighted by Gasteiger charge is -2.10. The summed E-state index contributed by atoms with van der Waals surface area (Å²) in [4.78, 5) is 0. The van der Waals surface area contributed by atoms with Crippen LogP contribution in [0.4, 0.5) is 0 Å². The average molecular weight is 172 g/mol.